The molecule has 1 atom stereocenters. The summed E-state index contributed by atoms with van der Waals surface area (Å²) in [4.78, 5) is 28.0. The highest BCUT2D eigenvalue weighted by atomic mass is 16.2. The molecule has 3 aliphatic rings. The van der Waals surface area contributed by atoms with Crippen LogP contribution >= 0.6 is 0 Å². The lowest BCUT2D eigenvalue weighted by molar-refractivity contribution is -0.133. The number of piperazine rings is 1. The molecule has 1 unspecified atom stereocenters. The fourth-order valence-electron chi connectivity index (χ4n) is 3.75. The van der Waals surface area contributed by atoms with Gasteiger partial charge in [-0.15, -0.1) is 0 Å². The highest BCUT2D eigenvalue weighted by molar-refractivity contribution is 6.01. The maximum absolute atomic E-state index is 11.8. The molecule has 3 fully saturated rings. The van der Waals surface area contributed by atoms with Crippen molar-refractivity contribution in [3.8, 4) is 0 Å². The fourth-order valence-corrected chi connectivity index (χ4v) is 3.75. The van der Waals surface area contributed by atoms with Crippen LogP contribution in [0.3, 0.4) is 0 Å². The average Bonchev–Trinajstić information content (AvgIpc) is 2.58. The Bertz CT molecular complexity index is 635. The van der Waals surface area contributed by atoms with Crippen LogP contribution < -0.4 is 20.9 Å². The molecule has 3 saturated heterocycles. The molecule has 25 heavy (non-hydrogen) atoms. The number of imide groups is 1. The van der Waals surface area contributed by atoms with Gasteiger partial charge in [-0.05, 0) is 30.7 Å². The van der Waals surface area contributed by atoms with Gasteiger partial charge in [-0.1, -0.05) is 0 Å². The fraction of sp³-hybridized carbons (Fsp3) is 0.556. The van der Waals surface area contributed by atoms with Crippen molar-refractivity contribution in [1.82, 2.24) is 15.5 Å². The molecule has 3 N–H and O–H groups in total. The maximum Gasteiger partial charge on any atom is 0.249 e. The highest BCUT2D eigenvalue weighted by Crippen LogP contribution is 2.26. The standard InChI is InChI=1S/C18H25N5O2/c24-17-6-5-16(18(25)21-17)20-13-1-3-14(4-2-13)23-11-15(12-23)22-9-7-19-8-10-22/h1-4,15-16,19-20H,5-12H2,(H,21,24,25). The molecular formula is C18H25N5O2. The Balaban J connectivity index is 1.29. The molecule has 1 aromatic rings. The number of benzene rings is 1. The first-order valence-corrected chi connectivity index (χ1v) is 9.09. The predicted molar refractivity (Wildman–Crippen MR) is 96.7 cm³/mol. The molecule has 0 spiro atoms. The summed E-state index contributed by atoms with van der Waals surface area (Å²) in [6.07, 6.45) is 0.938. The van der Waals surface area contributed by atoms with Gasteiger partial charge in [0.25, 0.3) is 0 Å². The topological polar surface area (TPSA) is 76.7 Å². The number of rotatable bonds is 4. The predicted octanol–water partition coefficient (Wildman–Crippen LogP) is -0.00250. The van der Waals surface area contributed by atoms with Crippen molar-refractivity contribution in [1.29, 1.82) is 0 Å². The molecular weight excluding hydrogens is 318 g/mol. The lowest BCUT2D eigenvalue weighted by atomic mass is 10.0. The van der Waals surface area contributed by atoms with Crippen molar-refractivity contribution in [2.45, 2.75) is 24.9 Å². The summed E-state index contributed by atoms with van der Waals surface area (Å²) in [6.45, 7) is 6.65. The molecule has 3 aliphatic heterocycles. The largest absolute Gasteiger partial charge is 0.374 e. The third-order valence-electron chi connectivity index (χ3n) is 5.34. The monoisotopic (exact) mass is 343 g/mol. The van der Waals surface area contributed by atoms with E-state index in [1.807, 2.05) is 12.1 Å². The number of hydrogen-bond acceptors (Lipinski definition) is 6. The van der Waals surface area contributed by atoms with Gasteiger partial charge in [0.05, 0.1) is 0 Å². The van der Waals surface area contributed by atoms with E-state index in [2.05, 4.69) is 37.9 Å². The SMILES string of the molecule is O=C1CCC(Nc2ccc(N3CC(N4CCNCC4)C3)cc2)C(=O)N1. The number of hydrogen-bond donors (Lipinski definition) is 3. The summed E-state index contributed by atoms with van der Waals surface area (Å²) >= 11 is 0. The zero-order valence-electron chi connectivity index (χ0n) is 14.3. The Kier molecular flexibility index (Phi) is 4.59. The van der Waals surface area contributed by atoms with Crippen LogP contribution in [0, 0.1) is 0 Å². The van der Waals surface area contributed by atoms with E-state index in [-0.39, 0.29) is 17.9 Å². The number of carbonyl (C=O) groups is 2. The van der Waals surface area contributed by atoms with Gasteiger partial charge in [0, 0.05) is 63.1 Å². The Morgan fingerprint density at radius 3 is 2.44 bits per heavy atom. The molecule has 2 amide bonds. The first-order valence-electron chi connectivity index (χ1n) is 9.09. The Morgan fingerprint density at radius 2 is 1.76 bits per heavy atom. The van der Waals surface area contributed by atoms with Crippen molar-refractivity contribution in [3.63, 3.8) is 0 Å². The second kappa shape index (κ2) is 7.01. The van der Waals surface area contributed by atoms with Crippen LogP contribution in [0.4, 0.5) is 11.4 Å². The summed E-state index contributed by atoms with van der Waals surface area (Å²) in [5.41, 5.74) is 2.14. The van der Waals surface area contributed by atoms with E-state index in [0.717, 1.165) is 45.0 Å². The zero-order valence-corrected chi connectivity index (χ0v) is 14.3. The minimum absolute atomic E-state index is 0.185. The number of amides is 2. The van der Waals surface area contributed by atoms with Crippen LogP contribution in [-0.4, -0.2) is 68.1 Å². The maximum atomic E-state index is 11.8. The number of nitrogens with zero attached hydrogens (tertiary/aromatic N) is 2. The first kappa shape index (κ1) is 16.4. The average molecular weight is 343 g/mol. The molecule has 0 saturated carbocycles. The minimum Gasteiger partial charge on any atom is -0.374 e. The Labute approximate surface area is 147 Å². The van der Waals surface area contributed by atoms with Crippen molar-refractivity contribution < 1.29 is 9.59 Å². The summed E-state index contributed by atoms with van der Waals surface area (Å²) in [5, 5.41) is 8.99. The van der Waals surface area contributed by atoms with Crippen LogP contribution in [0.5, 0.6) is 0 Å². The zero-order chi connectivity index (χ0) is 17.2. The van der Waals surface area contributed by atoms with Crippen LogP contribution in [0.2, 0.25) is 0 Å². The molecule has 4 rings (SSSR count). The quantitative estimate of drug-likeness (QED) is 0.668. The Hall–Kier alpha value is -2.12. The Morgan fingerprint density at radius 1 is 1.04 bits per heavy atom. The van der Waals surface area contributed by atoms with Crippen molar-refractivity contribution in [3.05, 3.63) is 24.3 Å². The minimum atomic E-state index is -0.329. The number of piperidine rings is 1. The van der Waals surface area contributed by atoms with E-state index in [0.29, 0.717) is 18.9 Å². The molecule has 0 aromatic heterocycles. The second-order valence-corrected chi connectivity index (χ2v) is 7.04. The first-order chi connectivity index (χ1) is 12.2. The second-order valence-electron chi connectivity index (χ2n) is 7.04. The summed E-state index contributed by atoms with van der Waals surface area (Å²) in [5.74, 6) is -0.419. The van der Waals surface area contributed by atoms with Gasteiger partial charge in [0.15, 0.2) is 0 Å². The molecule has 3 heterocycles. The molecule has 1 aromatic carbocycles. The number of carbonyl (C=O) groups excluding carboxylic acids is 2. The van der Waals surface area contributed by atoms with Gasteiger partial charge in [0.1, 0.15) is 6.04 Å². The van der Waals surface area contributed by atoms with E-state index in [4.69, 9.17) is 0 Å². The van der Waals surface area contributed by atoms with Crippen LogP contribution in [0.25, 0.3) is 0 Å². The number of nitrogens with one attached hydrogen (secondary N) is 3. The van der Waals surface area contributed by atoms with Gasteiger partial charge in [0.2, 0.25) is 11.8 Å². The van der Waals surface area contributed by atoms with E-state index in [1.54, 1.807) is 0 Å². The van der Waals surface area contributed by atoms with Gasteiger partial charge >= 0.3 is 0 Å². The number of anilines is 2. The van der Waals surface area contributed by atoms with Crippen LogP contribution in [0.1, 0.15) is 12.8 Å². The van der Waals surface area contributed by atoms with E-state index < -0.39 is 0 Å². The van der Waals surface area contributed by atoms with E-state index >= 15 is 0 Å². The third kappa shape index (κ3) is 3.62. The molecule has 7 heteroatoms. The van der Waals surface area contributed by atoms with Crippen molar-refractivity contribution >= 4 is 23.2 Å². The lowest BCUT2D eigenvalue weighted by Crippen LogP contribution is -2.62. The summed E-state index contributed by atoms with van der Waals surface area (Å²) < 4.78 is 0. The lowest BCUT2D eigenvalue weighted by Gasteiger charge is -2.48. The van der Waals surface area contributed by atoms with Crippen LogP contribution in [-0.2, 0) is 9.59 Å². The van der Waals surface area contributed by atoms with Gasteiger partial charge in [-0.2, -0.15) is 0 Å². The van der Waals surface area contributed by atoms with Gasteiger partial charge < -0.3 is 15.5 Å². The third-order valence-corrected chi connectivity index (χ3v) is 5.34. The van der Waals surface area contributed by atoms with Crippen molar-refractivity contribution in [2.24, 2.45) is 0 Å². The highest BCUT2D eigenvalue weighted by Gasteiger charge is 2.32. The van der Waals surface area contributed by atoms with E-state index in [9.17, 15) is 9.59 Å². The van der Waals surface area contributed by atoms with Gasteiger partial charge in [-0.25, -0.2) is 0 Å². The molecule has 7 nitrogen and oxygen atoms in total. The molecule has 0 radical (unpaired) electrons. The van der Waals surface area contributed by atoms with Crippen LogP contribution in [0.15, 0.2) is 24.3 Å². The molecule has 134 valence electrons. The normalized spacial score (nSPS) is 25.4. The van der Waals surface area contributed by atoms with Gasteiger partial charge in [-0.3, -0.25) is 19.8 Å². The van der Waals surface area contributed by atoms with E-state index in [1.165, 1.54) is 5.69 Å². The summed E-state index contributed by atoms with van der Waals surface area (Å²) in [6, 6.07) is 8.56. The smallest absolute Gasteiger partial charge is 0.249 e. The summed E-state index contributed by atoms with van der Waals surface area (Å²) in [7, 11) is 0. The molecule has 0 bridgehead atoms. The van der Waals surface area contributed by atoms with Crippen molar-refractivity contribution in [2.75, 3.05) is 49.5 Å². The molecule has 0 aliphatic carbocycles.